The van der Waals surface area contributed by atoms with E-state index in [0.717, 1.165) is 37.3 Å². The normalized spacial score (nSPS) is 10.4. The fourth-order valence-electron chi connectivity index (χ4n) is 2.07. The first-order valence-electron chi connectivity index (χ1n) is 7.36. The van der Waals surface area contributed by atoms with Gasteiger partial charge in [-0.25, -0.2) is 10.8 Å². The molecule has 0 spiro atoms. The topological polar surface area (TPSA) is 73.1 Å². The van der Waals surface area contributed by atoms with E-state index in [4.69, 9.17) is 10.6 Å². The van der Waals surface area contributed by atoms with Crippen LogP contribution in [-0.2, 0) is 12.8 Å². The van der Waals surface area contributed by atoms with Gasteiger partial charge >= 0.3 is 0 Å². The van der Waals surface area contributed by atoms with Crippen LogP contribution in [0, 0.1) is 0 Å². The predicted molar refractivity (Wildman–Crippen MR) is 84.3 cm³/mol. The van der Waals surface area contributed by atoms with Crippen molar-refractivity contribution < 1.29 is 4.74 Å². The highest BCUT2D eigenvalue weighted by atomic mass is 16.5. The molecular formula is C16H22N4O. The molecular weight excluding hydrogens is 264 g/mol. The van der Waals surface area contributed by atoms with Gasteiger partial charge in [0.05, 0.1) is 0 Å². The highest BCUT2D eigenvalue weighted by molar-refractivity contribution is 5.39. The van der Waals surface area contributed by atoms with Crippen molar-refractivity contribution in [1.82, 2.24) is 9.97 Å². The number of hydrogen-bond donors (Lipinski definition) is 2. The number of hydrazine groups is 1. The molecule has 0 fully saturated rings. The predicted octanol–water partition coefficient (Wildman–Crippen LogP) is 3.46. The summed E-state index contributed by atoms with van der Waals surface area (Å²) in [6.07, 6.45) is 3.98. The van der Waals surface area contributed by atoms with Gasteiger partial charge in [-0.2, -0.15) is 4.98 Å². The Morgan fingerprint density at radius 3 is 2.38 bits per heavy atom. The molecule has 3 N–H and O–H groups in total. The molecule has 0 aliphatic heterocycles. The first kappa shape index (κ1) is 15.3. The van der Waals surface area contributed by atoms with Gasteiger partial charge in [-0.3, -0.25) is 0 Å². The van der Waals surface area contributed by atoms with Gasteiger partial charge < -0.3 is 10.2 Å². The lowest BCUT2D eigenvalue weighted by molar-refractivity contribution is 0.458. The largest absolute Gasteiger partial charge is 0.439 e. The average molecular weight is 286 g/mol. The number of aryl methyl sites for hydroxylation is 2. The van der Waals surface area contributed by atoms with Crippen molar-refractivity contribution in [1.29, 1.82) is 0 Å². The summed E-state index contributed by atoms with van der Waals surface area (Å²) < 4.78 is 5.79. The number of hydrogen-bond acceptors (Lipinski definition) is 5. The van der Waals surface area contributed by atoms with Crippen LogP contribution in [0.4, 0.5) is 5.82 Å². The van der Waals surface area contributed by atoms with Crippen LogP contribution in [0.1, 0.15) is 38.1 Å². The first-order valence-corrected chi connectivity index (χ1v) is 7.36. The Morgan fingerprint density at radius 1 is 1.05 bits per heavy atom. The second kappa shape index (κ2) is 7.59. The second-order valence-corrected chi connectivity index (χ2v) is 4.90. The Morgan fingerprint density at radius 2 is 1.76 bits per heavy atom. The molecule has 1 aromatic heterocycles. The van der Waals surface area contributed by atoms with Crippen LogP contribution in [0.5, 0.6) is 11.6 Å². The average Bonchev–Trinajstić information content (AvgIpc) is 2.49. The summed E-state index contributed by atoms with van der Waals surface area (Å²) in [5, 5.41) is 0. The Labute approximate surface area is 125 Å². The quantitative estimate of drug-likeness (QED) is 0.602. The lowest BCUT2D eigenvalue weighted by atomic mass is 10.1. The van der Waals surface area contributed by atoms with E-state index >= 15 is 0 Å². The molecule has 21 heavy (non-hydrogen) atoms. The van der Waals surface area contributed by atoms with Crippen molar-refractivity contribution in [2.75, 3.05) is 5.43 Å². The number of ether oxygens (including phenoxy) is 1. The second-order valence-electron chi connectivity index (χ2n) is 4.90. The number of anilines is 1. The van der Waals surface area contributed by atoms with E-state index in [-0.39, 0.29) is 0 Å². The molecule has 0 amide bonds. The molecule has 0 radical (unpaired) electrons. The molecule has 0 bridgehead atoms. The Balaban J connectivity index is 2.15. The molecule has 0 saturated heterocycles. The van der Waals surface area contributed by atoms with E-state index in [9.17, 15) is 0 Å². The molecule has 2 aromatic rings. The standard InChI is InChI=1S/C16H22N4O/c1-3-5-12-7-9-13(10-8-12)21-16-11-15(20-17)18-14(19-16)6-4-2/h7-11H,3-6,17H2,1-2H3,(H,18,19,20). The van der Waals surface area contributed by atoms with Crippen LogP contribution in [0.15, 0.2) is 30.3 Å². The SMILES string of the molecule is CCCc1ccc(Oc2cc(NN)nc(CCC)n2)cc1. The monoisotopic (exact) mass is 286 g/mol. The molecule has 1 heterocycles. The van der Waals surface area contributed by atoms with Crippen molar-refractivity contribution in [3.63, 3.8) is 0 Å². The van der Waals surface area contributed by atoms with E-state index in [1.807, 2.05) is 12.1 Å². The lowest BCUT2D eigenvalue weighted by Gasteiger charge is -2.09. The summed E-state index contributed by atoms with van der Waals surface area (Å²) in [4.78, 5) is 8.69. The zero-order valence-electron chi connectivity index (χ0n) is 12.6. The molecule has 0 aliphatic rings. The molecule has 0 atom stereocenters. The fraction of sp³-hybridized carbons (Fsp3) is 0.375. The molecule has 5 nitrogen and oxygen atoms in total. The van der Waals surface area contributed by atoms with Crippen LogP contribution in [0.25, 0.3) is 0 Å². The number of nitrogens with one attached hydrogen (secondary N) is 1. The number of nitrogens with two attached hydrogens (primary N) is 1. The maximum atomic E-state index is 5.79. The van der Waals surface area contributed by atoms with Gasteiger partial charge in [0.15, 0.2) is 0 Å². The third kappa shape index (κ3) is 4.43. The first-order chi connectivity index (χ1) is 10.2. The van der Waals surface area contributed by atoms with Crippen LogP contribution in [0.3, 0.4) is 0 Å². The van der Waals surface area contributed by atoms with E-state index in [2.05, 4.69) is 41.4 Å². The van der Waals surface area contributed by atoms with Gasteiger partial charge in [0.1, 0.15) is 17.4 Å². The summed E-state index contributed by atoms with van der Waals surface area (Å²) >= 11 is 0. The summed E-state index contributed by atoms with van der Waals surface area (Å²) in [6, 6.07) is 9.77. The Hall–Kier alpha value is -2.14. The molecule has 2 rings (SSSR count). The minimum atomic E-state index is 0.504. The van der Waals surface area contributed by atoms with Crippen molar-refractivity contribution in [2.24, 2.45) is 5.84 Å². The maximum absolute atomic E-state index is 5.79. The van der Waals surface area contributed by atoms with Gasteiger partial charge in [0.2, 0.25) is 5.88 Å². The fourth-order valence-corrected chi connectivity index (χ4v) is 2.07. The van der Waals surface area contributed by atoms with Gasteiger partial charge in [0, 0.05) is 12.5 Å². The molecule has 112 valence electrons. The Bertz CT molecular complexity index is 569. The van der Waals surface area contributed by atoms with E-state index < -0.39 is 0 Å². The number of benzene rings is 1. The van der Waals surface area contributed by atoms with Crippen LogP contribution < -0.4 is 16.0 Å². The summed E-state index contributed by atoms with van der Waals surface area (Å²) in [5.74, 6) is 7.99. The number of nitrogens with zero attached hydrogens (tertiary/aromatic N) is 2. The van der Waals surface area contributed by atoms with Gasteiger partial charge in [0.25, 0.3) is 0 Å². The zero-order chi connectivity index (χ0) is 15.1. The van der Waals surface area contributed by atoms with Gasteiger partial charge in [-0.1, -0.05) is 32.4 Å². The number of nitrogen functional groups attached to an aromatic ring is 1. The third-order valence-corrected chi connectivity index (χ3v) is 3.05. The summed E-state index contributed by atoms with van der Waals surface area (Å²) in [5.41, 5.74) is 3.86. The molecule has 0 aliphatic carbocycles. The molecule has 5 heteroatoms. The smallest absolute Gasteiger partial charge is 0.224 e. The van der Waals surface area contributed by atoms with Crippen LogP contribution >= 0.6 is 0 Å². The van der Waals surface area contributed by atoms with Crippen LogP contribution in [-0.4, -0.2) is 9.97 Å². The Kier molecular flexibility index (Phi) is 5.51. The highest BCUT2D eigenvalue weighted by Crippen LogP contribution is 2.22. The highest BCUT2D eigenvalue weighted by Gasteiger charge is 2.06. The summed E-state index contributed by atoms with van der Waals surface area (Å²) in [7, 11) is 0. The molecule has 0 saturated carbocycles. The van der Waals surface area contributed by atoms with Gasteiger partial charge in [-0.15, -0.1) is 0 Å². The maximum Gasteiger partial charge on any atom is 0.224 e. The van der Waals surface area contributed by atoms with E-state index in [0.29, 0.717) is 11.7 Å². The molecule has 1 aromatic carbocycles. The van der Waals surface area contributed by atoms with E-state index in [1.165, 1.54) is 5.56 Å². The number of rotatable bonds is 7. The summed E-state index contributed by atoms with van der Waals surface area (Å²) in [6.45, 7) is 4.25. The molecule has 0 unspecified atom stereocenters. The van der Waals surface area contributed by atoms with Crippen LogP contribution in [0.2, 0.25) is 0 Å². The van der Waals surface area contributed by atoms with Crippen molar-refractivity contribution >= 4 is 5.82 Å². The minimum Gasteiger partial charge on any atom is -0.439 e. The zero-order valence-corrected chi connectivity index (χ0v) is 12.6. The van der Waals surface area contributed by atoms with Crippen molar-refractivity contribution in [2.45, 2.75) is 39.5 Å². The lowest BCUT2D eigenvalue weighted by Crippen LogP contribution is -2.10. The third-order valence-electron chi connectivity index (χ3n) is 3.05. The minimum absolute atomic E-state index is 0.504. The van der Waals surface area contributed by atoms with Gasteiger partial charge in [-0.05, 0) is 30.5 Å². The number of aromatic nitrogens is 2. The van der Waals surface area contributed by atoms with Crippen molar-refractivity contribution in [3.05, 3.63) is 41.7 Å². The van der Waals surface area contributed by atoms with Crippen molar-refractivity contribution in [3.8, 4) is 11.6 Å². The van der Waals surface area contributed by atoms with E-state index in [1.54, 1.807) is 6.07 Å².